The van der Waals surface area contributed by atoms with Gasteiger partial charge in [-0.1, -0.05) is 48.5 Å². The minimum absolute atomic E-state index is 0.00747. The molecule has 3 N–H and O–H groups in total. The van der Waals surface area contributed by atoms with Crippen LogP contribution in [-0.4, -0.2) is 20.5 Å². The Morgan fingerprint density at radius 2 is 1.71 bits per heavy atom. The molecule has 21 heavy (non-hydrogen) atoms. The van der Waals surface area contributed by atoms with Crippen LogP contribution in [0.1, 0.15) is 11.3 Å². The fourth-order valence-electron chi connectivity index (χ4n) is 2.21. The Morgan fingerprint density at radius 1 is 0.952 bits per heavy atom. The van der Waals surface area contributed by atoms with E-state index in [9.17, 15) is 5.11 Å². The molecule has 0 fully saturated rings. The molecular formula is C16H16N4O. The van der Waals surface area contributed by atoms with Gasteiger partial charge in [-0.05, 0) is 6.07 Å². The molecule has 0 amide bonds. The molecule has 3 rings (SSSR count). The minimum Gasteiger partial charge on any atom is -0.392 e. The predicted octanol–water partition coefficient (Wildman–Crippen LogP) is 2.58. The van der Waals surface area contributed by atoms with Crippen molar-refractivity contribution in [2.45, 2.75) is 13.2 Å². The Kier molecular flexibility index (Phi) is 3.93. The number of aromatic amines is 1. The van der Waals surface area contributed by atoms with Crippen LogP contribution in [0.15, 0.2) is 54.6 Å². The van der Waals surface area contributed by atoms with Crippen molar-refractivity contribution in [1.29, 1.82) is 0 Å². The van der Waals surface area contributed by atoms with Crippen molar-refractivity contribution in [2.75, 3.05) is 5.32 Å². The molecule has 5 nitrogen and oxygen atoms in total. The third-order valence-electron chi connectivity index (χ3n) is 3.30. The molecule has 0 aliphatic carbocycles. The van der Waals surface area contributed by atoms with E-state index < -0.39 is 0 Å². The predicted molar refractivity (Wildman–Crippen MR) is 81.5 cm³/mol. The van der Waals surface area contributed by atoms with Gasteiger partial charge in [-0.15, -0.1) is 0 Å². The molecule has 0 bridgehead atoms. The van der Waals surface area contributed by atoms with Gasteiger partial charge in [0.2, 0.25) is 0 Å². The molecular weight excluding hydrogens is 264 g/mol. The van der Waals surface area contributed by atoms with Crippen LogP contribution in [-0.2, 0) is 13.2 Å². The molecule has 1 heterocycles. The van der Waals surface area contributed by atoms with Crippen molar-refractivity contribution in [1.82, 2.24) is 15.4 Å². The molecule has 0 radical (unpaired) electrons. The topological polar surface area (TPSA) is 73.8 Å². The van der Waals surface area contributed by atoms with Crippen LogP contribution in [0.3, 0.4) is 0 Å². The third-order valence-corrected chi connectivity index (χ3v) is 3.30. The van der Waals surface area contributed by atoms with E-state index in [0.717, 1.165) is 28.2 Å². The number of aliphatic hydroxyl groups excluding tert-OH is 1. The highest BCUT2D eigenvalue weighted by Gasteiger charge is 2.10. The number of nitrogens with zero attached hydrogens (tertiary/aromatic N) is 2. The summed E-state index contributed by atoms with van der Waals surface area (Å²) in [6.45, 7) is 0.547. The van der Waals surface area contributed by atoms with Crippen molar-refractivity contribution in [3.63, 3.8) is 0 Å². The van der Waals surface area contributed by atoms with Gasteiger partial charge < -0.3 is 10.4 Å². The summed E-state index contributed by atoms with van der Waals surface area (Å²) >= 11 is 0. The normalized spacial score (nSPS) is 10.5. The largest absolute Gasteiger partial charge is 0.392 e. The maximum absolute atomic E-state index is 9.33. The number of hydrogen-bond acceptors (Lipinski definition) is 4. The van der Waals surface area contributed by atoms with Gasteiger partial charge in [0, 0.05) is 16.8 Å². The van der Waals surface area contributed by atoms with Crippen molar-refractivity contribution in [3.05, 3.63) is 65.9 Å². The van der Waals surface area contributed by atoms with Crippen LogP contribution >= 0.6 is 0 Å². The second kappa shape index (κ2) is 6.19. The molecule has 0 atom stereocenters. The summed E-state index contributed by atoms with van der Waals surface area (Å²) in [7, 11) is 0. The first-order chi connectivity index (χ1) is 10.4. The molecule has 0 aliphatic heterocycles. The van der Waals surface area contributed by atoms with Crippen LogP contribution in [0.4, 0.5) is 5.69 Å². The Bertz CT molecular complexity index is 709. The Balaban J connectivity index is 1.79. The Labute approximate surface area is 122 Å². The van der Waals surface area contributed by atoms with Crippen LogP contribution < -0.4 is 5.32 Å². The SMILES string of the molecule is OCc1ccccc1NCc1n[nH]nc1-c1ccccc1. The number of benzene rings is 2. The highest BCUT2D eigenvalue weighted by atomic mass is 16.3. The fourth-order valence-corrected chi connectivity index (χ4v) is 2.21. The lowest BCUT2D eigenvalue weighted by Crippen LogP contribution is -2.04. The first-order valence-corrected chi connectivity index (χ1v) is 6.76. The number of H-pyrrole nitrogens is 1. The number of anilines is 1. The van der Waals surface area contributed by atoms with Crippen LogP contribution in [0, 0.1) is 0 Å². The molecule has 0 saturated heterocycles. The molecule has 0 saturated carbocycles. The summed E-state index contributed by atoms with van der Waals surface area (Å²) in [4.78, 5) is 0. The minimum atomic E-state index is 0.00747. The number of para-hydroxylation sites is 1. The lowest BCUT2D eigenvalue weighted by Gasteiger charge is -2.09. The van der Waals surface area contributed by atoms with Crippen molar-refractivity contribution >= 4 is 5.69 Å². The van der Waals surface area contributed by atoms with Gasteiger partial charge in [0.15, 0.2) is 0 Å². The number of aromatic nitrogens is 3. The lowest BCUT2D eigenvalue weighted by atomic mass is 10.1. The second-order valence-electron chi connectivity index (χ2n) is 4.65. The molecule has 106 valence electrons. The summed E-state index contributed by atoms with van der Waals surface area (Å²) in [5, 5.41) is 23.7. The highest BCUT2D eigenvalue weighted by molar-refractivity contribution is 5.61. The monoisotopic (exact) mass is 280 g/mol. The maximum atomic E-state index is 9.33. The summed E-state index contributed by atoms with van der Waals surface area (Å²) in [5.41, 5.74) is 4.47. The molecule has 0 unspecified atom stereocenters. The third kappa shape index (κ3) is 2.93. The van der Waals surface area contributed by atoms with E-state index in [4.69, 9.17) is 0 Å². The number of aliphatic hydroxyl groups is 1. The van der Waals surface area contributed by atoms with Gasteiger partial charge in [0.25, 0.3) is 0 Å². The summed E-state index contributed by atoms with van der Waals surface area (Å²) in [5.74, 6) is 0. The van der Waals surface area contributed by atoms with Gasteiger partial charge in [-0.3, -0.25) is 0 Å². The van der Waals surface area contributed by atoms with Crippen molar-refractivity contribution in [2.24, 2.45) is 0 Å². The quantitative estimate of drug-likeness (QED) is 0.671. The van der Waals surface area contributed by atoms with E-state index in [1.165, 1.54) is 0 Å². The van der Waals surface area contributed by atoms with Crippen LogP contribution in [0.25, 0.3) is 11.3 Å². The Morgan fingerprint density at radius 3 is 2.52 bits per heavy atom. The first-order valence-electron chi connectivity index (χ1n) is 6.76. The summed E-state index contributed by atoms with van der Waals surface area (Å²) < 4.78 is 0. The second-order valence-corrected chi connectivity index (χ2v) is 4.65. The van der Waals surface area contributed by atoms with Crippen LogP contribution in [0.5, 0.6) is 0 Å². The molecule has 0 spiro atoms. The Hall–Kier alpha value is -2.66. The first kappa shape index (κ1) is 13.3. The van der Waals surface area contributed by atoms with E-state index in [1.807, 2.05) is 54.6 Å². The zero-order chi connectivity index (χ0) is 14.5. The average Bonchev–Trinajstić information content (AvgIpc) is 3.02. The molecule has 1 aromatic heterocycles. The molecule has 3 aromatic rings. The van der Waals surface area contributed by atoms with Crippen molar-refractivity contribution < 1.29 is 5.11 Å². The van der Waals surface area contributed by atoms with Crippen LogP contribution in [0.2, 0.25) is 0 Å². The maximum Gasteiger partial charge on any atom is 0.117 e. The summed E-state index contributed by atoms with van der Waals surface area (Å²) in [6, 6.07) is 17.6. The van der Waals surface area contributed by atoms with E-state index >= 15 is 0 Å². The molecule has 0 aliphatic rings. The number of rotatable bonds is 5. The van der Waals surface area contributed by atoms with E-state index in [0.29, 0.717) is 6.54 Å². The van der Waals surface area contributed by atoms with Gasteiger partial charge >= 0.3 is 0 Å². The van der Waals surface area contributed by atoms with Crippen molar-refractivity contribution in [3.8, 4) is 11.3 Å². The average molecular weight is 280 g/mol. The zero-order valence-electron chi connectivity index (χ0n) is 11.5. The van der Waals surface area contributed by atoms with E-state index in [2.05, 4.69) is 20.7 Å². The van der Waals surface area contributed by atoms with Gasteiger partial charge in [-0.2, -0.15) is 15.4 Å². The lowest BCUT2D eigenvalue weighted by molar-refractivity contribution is 0.282. The van der Waals surface area contributed by atoms with E-state index in [1.54, 1.807) is 0 Å². The smallest absolute Gasteiger partial charge is 0.117 e. The number of nitrogens with one attached hydrogen (secondary N) is 2. The zero-order valence-corrected chi connectivity index (χ0v) is 11.5. The van der Waals surface area contributed by atoms with Gasteiger partial charge in [0.05, 0.1) is 13.2 Å². The molecule has 5 heteroatoms. The van der Waals surface area contributed by atoms with Gasteiger partial charge in [-0.25, -0.2) is 0 Å². The molecule has 2 aromatic carbocycles. The number of hydrogen-bond donors (Lipinski definition) is 3. The standard InChI is InChI=1S/C16H16N4O/c21-11-13-8-4-5-9-14(13)17-10-15-16(19-20-18-15)12-6-2-1-3-7-12/h1-9,17,21H,10-11H2,(H,18,19,20). The fraction of sp³-hybridized carbons (Fsp3) is 0.125. The van der Waals surface area contributed by atoms with E-state index in [-0.39, 0.29) is 6.61 Å². The summed E-state index contributed by atoms with van der Waals surface area (Å²) in [6.07, 6.45) is 0. The van der Waals surface area contributed by atoms with Gasteiger partial charge in [0.1, 0.15) is 11.4 Å². The highest BCUT2D eigenvalue weighted by Crippen LogP contribution is 2.21.